The summed E-state index contributed by atoms with van der Waals surface area (Å²) in [6.07, 6.45) is 2.33. The van der Waals surface area contributed by atoms with E-state index in [1.807, 2.05) is 12.1 Å². The molecule has 1 amide bonds. The van der Waals surface area contributed by atoms with Crippen molar-refractivity contribution in [2.75, 3.05) is 26.8 Å². The van der Waals surface area contributed by atoms with Gasteiger partial charge >= 0.3 is 5.79 Å². The van der Waals surface area contributed by atoms with E-state index < -0.39 is 17.8 Å². The number of hydrogen-bond donors (Lipinski definition) is 3. The van der Waals surface area contributed by atoms with Gasteiger partial charge < -0.3 is 35.2 Å². The number of aliphatic hydroxyl groups excluding tert-OH is 1. The summed E-state index contributed by atoms with van der Waals surface area (Å²) in [6, 6.07) is 4.03. The quantitative estimate of drug-likeness (QED) is 0.305. The maximum absolute atomic E-state index is 12.6. The summed E-state index contributed by atoms with van der Waals surface area (Å²) >= 11 is 13.8. The largest absolute Gasteiger partial charge is 0.495 e. The number of nitrogens with zero attached hydrogens (tertiary/aromatic N) is 1. The zero-order valence-electron chi connectivity index (χ0n) is 18.8. The van der Waals surface area contributed by atoms with Gasteiger partial charge in [-0.2, -0.15) is 0 Å². The zero-order chi connectivity index (χ0) is 25.6. The van der Waals surface area contributed by atoms with E-state index in [1.165, 1.54) is 13.4 Å². The number of carbonyl (C=O) groups excluding carboxylic acids is 1. The minimum atomic E-state index is -1.58. The molecular weight excluding hydrogens is 722 g/mol. The van der Waals surface area contributed by atoms with Crippen LogP contribution in [0.3, 0.4) is 0 Å². The van der Waals surface area contributed by atoms with E-state index >= 15 is 0 Å². The van der Waals surface area contributed by atoms with E-state index in [2.05, 4.69) is 74.2 Å². The molecule has 0 aromatic heterocycles. The average Bonchev–Trinajstić information content (AvgIpc) is 3.06. The fraction of sp³-hybridized carbons (Fsp3) is 0.455. The maximum atomic E-state index is 12.6. The minimum absolute atomic E-state index is 0.0752. The van der Waals surface area contributed by atoms with Gasteiger partial charge in [-0.15, -0.1) is 0 Å². The molecule has 0 bridgehead atoms. The molecule has 0 unspecified atom stereocenters. The Kier molecular flexibility index (Phi) is 10.5. The van der Waals surface area contributed by atoms with Crippen molar-refractivity contribution in [2.45, 2.75) is 37.6 Å². The molecule has 4 N–H and O–H groups in total. The van der Waals surface area contributed by atoms with Gasteiger partial charge in [-0.25, -0.2) is 0 Å². The van der Waals surface area contributed by atoms with Gasteiger partial charge in [0, 0.05) is 11.0 Å². The van der Waals surface area contributed by atoms with Gasteiger partial charge in [0.25, 0.3) is 5.91 Å². The number of halogens is 4. The van der Waals surface area contributed by atoms with Gasteiger partial charge in [-0.3, -0.25) is 4.79 Å². The molecule has 35 heavy (non-hydrogen) atoms. The number of benzene rings is 1. The second-order valence-corrected chi connectivity index (χ2v) is 11.2. The first-order valence-corrected chi connectivity index (χ1v) is 13.9. The Morgan fingerprint density at radius 2 is 2.00 bits per heavy atom. The summed E-state index contributed by atoms with van der Waals surface area (Å²) in [4.78, 5) is 18.0. The molecule has 2 atom stereocenters. The number of aryl methyl sites for hydroxylation is 1. The number of amides is 1. The highest BCUT2D eigenvalue weighted by atomic mass is 79.9. The van der Waals surface area contributed by atoms with Crippen molar-refractivity contribution >= 4 is 75.3 Å². The Labute approximate surface area is 236 Å². The molecule has 2 aliphatic rings. The second-order valence-electron chi connectivity index (χ2n) is 7.72. The number of ether oxygens (including phenoxy) is 3. The number of methoxy groups -OCH3 is 1. The lowest BCUT2D eigenvalue weighted by Crippen LogP contribution is -2.49. The van der Waals surface area contributed by atoms with Gasteiger partial charge in [-0.1, -0.05) is 21.1 Å². The van der Waals surface area contributed by atoms with Crippen LogP contribution in [0.25, 0.3) is 0 Å². The Morgan fingerprint density at radius 3 is 2.66 bits per heavy atom. The van der Waals surface area contributed by atoms with Crippen LogP contribution in [0.4, 0.5) is 0 Å². The van der Waals surface area contributed by atoms with Crippen molar-refractivity contribution in [1.82, 2.24) is 5.32 Å². The van der Waals surface area contributed by atoms with Crippen LogP contribution in [0.2, 0.25) is 0 Å². The molecule has 1 spiro atoms. The van der Waals surface area contributed by atoms with E-state index in [-0.39, 0.29) is 12.1 Å². The summed E-state index contributed by atoms with van der Waals surface area (Å²) in [5.41, 5.74) is 6.57. The predicted octanol–water partition coefficient (Wildman–Crippen LogP) is 4.34. The van der Waals surface area contributed by atoms with Crippen LogP contribution in [0.1, 0.15) is 24.8 Å². The zero-order valence-corrected chi connectivity index (χ0v) is 25.1. The molecule has 0 saturated carbocycles. The van der Waals surface area contributed by atoms with Crippen molar-refractivity contribution in [3.05, 3.63) is 47.6 Å². The number of allylic oxidation sites excluding steroid dienone is 1. The third kappa shape index (κ3) is 6.80. The molecule has 0 saturated heterocycles. The topological polar surface area (TPSA) is 125 Å². The highest BCUT2D eigenvalue weighted by Crippen LogP contribution is 2.41. The highest BCUT2D eigenvalue weighted by molar-refractivity contribution is 9.12. The van der Waals surface area contributed by atoms with Gasteiger partial charge in [0.15, 0.2) is 11.8 Å². The summed E-state index contributed by atoms with van der Waals surface area (Å²) in [7, 11) is 1.50. The number of nitrogens with one attached hydrogen (secondary N) is 1. The van der Waals surface area contributed by atoms with Crippen molar-refractivity contribution in [3.63, 3.8) is 0 Å². The summed E-state index contributed by atoms with van der Waals surface area (Å²) < 4.78 is 19.6. The standard InChI is InChI=1S/C22H25Br4N3O6/c1-32-18-15(25)10-22(34-11-16(18)26)20(30)17(29-35-22)21(31)28-6-3-7-33-19-13(23)8-12(4-2-5-27)9-14(19)24/h8-9,11,20,30H,2-7,10,27H2,1H3,(H,28,31)/t20-,22-/m0/s1. The lowest BCUT2D eigenvalue weighted by molar-refractivity contribution is -0.225. The smallest absolute Gasteiger partial charge is 0.311 e. The molecule has 9 nitrogen and oxygen atoms in total. The number of nitrogens with two attached hydrogens (primary N) is 1. The van der Waals surface area contributed by atoms with E-state index in [1.54, 1.807) is 0 Å². The third-order valence-electron chi connectivity index (χ3n) is 5.22. The average molecular weight is 747 g/mol. The van der Waals surface area contributed by atoms with Gasteiger partial charge in [-0.05, 0) is 91.3 Å². The number of hydrogen-bond acceptors (Lipinski definition) is 8. The maximum Gasteiger partial charge on any atom is 0.311 e. The molecule has 3 rings (SSSR count). The number of aliphatic hydroxyl groups is 1. The monoisotopic (exact) mass is 743 g/mol. The van der Waals surface area contributed by atoms with Gasteiger partial charge in [0.05, 0.1) is 33.6 Å². The Morgan fingerprint density at radius 1 is 1.29 bits per heavy atom. The summed E-state index contributed by atoms with van der Waals surface area (Å²) in [5.74, 6) is -0.955. The molecule has 2 aliphatic heterocycles. The van der Waals surface area contributed by atoms with Gasteiger partial charge in [0.2, 0.25) is 0 Å². The van der Waals surface area contributed by atoms with Crippen molar-refractivity contribution < 1.29 is 28.9 Å². The Hall–Kier alpha value is -1.12. The Balaban J connectivity index is 1.49. The molecular formula is C22H25Br4N3O6. The van der Waals surface area contributed by atoms with Crippen molar-refractivity contribution in [2.24, 2.45) is 10.9 Å². The van der Waals surface area contributed by atoms with E-state index in [0.717, 1.165) is 27.4 Å². The van der Waals surface area contributed by atoms with Crippen LogP contribution in [0.15, 0.2) is 47.2 Å². The van der Waals surface area contributed by atoms with Crippen LogP contribution >= 0.6 is 63.7 Å². The fourth-order valence-corrected chi connectivity index (χ4v) is 6.47. The van der Waals surface area contributed by atoms with E-state index in [0.29, 0.717) is 46.6 Å². The number of rotatable bonds is 10. The van der Waals surface area contributed by atoms with Crippen molar-refractivity contribution in [3.8, 4) is 5.75 Å². The lowest BCUT2D eigenvalue weighted by atomic mass is 10.0. The summed E-state index contributed by atoms with van der Waals surface area (Å²) in [6.45, 7) is 1.32. The second kappa shape index (κ2) is 12.9. The van der Waals surface area contributed by atoms with E-state index in [4.69, 9.17) is 24.8 Å². The fourth-order valence-electron chi connectivity index (χ4n) is 3.44. The first-order chi connectivity index (χ1) is 16.7. The molecule has 1 aromatic carbocycles. The SMILES string of the molecule is COC1=C(Br)C[C@]2(OC=C1Br)ON=C(C(=O)NCCCOc1c(Br)cc(CCCN)cc1Br)[C@@H]2O. The number of oxime groups is 1. The molecule has 2 heterocycles. The lowest BCUT2D eigenvalue weighted by Gasteiger charge is -2.27. The predicted molar refractivity (Wildman–Crippen MR) is 145 cm³/mol. The molecule has 192 valence electrons. The number of carbonyl (C=O) groups is 1. The molecule has 1 aromatic rings. The first-order valence-electron chi connectivity index (χ1n) is 10.7. The summed E-state index contributed by atoms with van der Waals surface area (Å²) in [5, 5.41) is 17.3. The van der Waals surface area contributed by atoms with Crippen LogP contribution in [-0.2, 0) is 25.5 Å². The van der Waals surface area contributed by atoms with Crippen LogP contribution < -0.4 is 15.8 Å². The molecule has 13 heteroatoms. The third-order valence-corrected chi connectivity index (χ3v) is 7.58. The molecule has 0 aliphatic carbocycles. The van der Waals surface area contributed by atoms with Crippen LogP contribution in [-0.4, -0.2) is 55.4 Å². The van der Waals surface area contributed by atoms with Crippen molar-refractivity contribution in [1.29, 1.82) is 0 Å². The molecule has 0 fully saturated rings. The normalized spacial score (nSPS) is 21.6. The minimum Gasteiger partial charge on any atom is -0.495 e. The van der Waals surface area contributed by atoms with E-state index in [9.17, 15) is 9.90 Å². The van der Waals surface area contributed by atoms with Gasteiger partial charge in [0.1, 0.15) is 17.8 Å². The first kappa shape index (κ1) is 28.5. The Bertz CT molecular complexity index is 1030. The molecule has 0 radical (unpaired) electrons. The van der Waals surface area contributed by atoms with Crippen LogP contribution in [0.5, 0.6) is 5.75 Å². The van der Waals surface area contributed by atoms with Crippen LogP contribution in [0, 0.1) is 0 Å². The highest BCUT2D eigenvalue weighted by Gasteiger charge is 2.54.